The van der Waals surface area contributed by atoms with Gasteiger partial charge in [0.05, 0.1) is 0 Å². The quantitative estimate of drug-likeness (QED) is 0.659. The predicted octanol–water partition coefficient (Wildman–Crippen LogP) is 5.19. The van der Waals surface area contributed by atoms with Crippen LogP contribution in [0.1, 0.15) is 0 Å². The van der Waals surface area contributed by atoms with Gasteiger partial charge in [0.15, 0.2) is 0 Å². The summed E-state index contributed by atoms with van der Waals surface area (Å²) in [5.74, 6) is 0. The minimum Gasteiger partial charge on any atom is -0.370 e. The van der Waals surface area contributed by atoms with Gasteiger partial charge in [-0.25, -0.2) is 0 Å². The zero-order valence-electron chi connectivity index (χ0n) is 16.3. The van der Waals surface area contributed by atoms with Gasteiger partial charge in [-0.15, -0.1) is 0 Å². The summed E-state index contributed by atoms with van der Waals surface area (Å²) in [5.41, 5.74) is 7.05. The lowest BCUT2D eigenvalue weighted by Crippen LogP contribution is -2.64. The first-order chi connectivity index (χ1) is 8.40. The molecule has 0 atom stereocenters. The first-order valence-corrected chi connectivity index (χ1v) is 22.5. The van der Waals surface area contributed by atoms with Gasteiger partial charge in [0.25, 0.3) is 0 Å². The Kier molecular flexibility index (Phi) is 6.46. The lowest BCUT2D eigenvalue weighted by Gasteiger charge is -2.49. The average Bonchev–Trinajstić information content (AvgIpc) is 1.88. The van der Waals surface area contributed by atoms with Crippen LogP contribution >= 0.6 is 0 Å². The van der Waals surface area contributed by atoms with Gasteiger partial charge in [0.1, 0.15) is 0 Å². The third kappa shape index (κ3) is 5.59. The molecule has 0 bridgehead atoms. The number of hydrogen-bond donors (Lipinski definition) is 1. The van der Waals surface area contributed by atoms with Crippen LogP contribution in [0, 0.1) is 0 Å². The third-order valence-electron chi connectivity index (χ3n) is 4.50. The maximum atomic E-state index is 7.05. The lowest BCUT2D eigenvalue weighted by molar-refractivity contribution is 1.28. The molecule has 0 aromatic carbocycles. The Labute approximate surface area is 133 Å². The van der Waals surface area contributed by atoms with Gasteiger partial charge in [-0.05, 0) is 0 Å². The van der Waals surface area contributed by atoms with Crippen LogP contribution in [0.15, 0.2) is 0 Å². The van der Waals surface area contributed by atoms with Gasteiger partial charge in [-0.1, -0.05) is 88.7 Å². The molecule has 20 heavy (non-hydrogen) atoms. The van der Waals surface area contributed by atoms with Crippen molar-refractivity contribution in [3.05, 3.63) is 0 Å². The van der Waals surface area contributed by atoms with E-state index in [1.807, 2.05) is 0 Å². The molecule has 0 saturated carbocycles. The molecule has 0 saturated heterocycles. The van der Waals surface area contributed by atoms with Crippen LogP contribution in [0.3, 0.4) is 0 Å². The summed E-state index contributed by atoms with van der Waals surface area (Å²) >= 11 is 0. The van der Waals surface area contributed by atoms with E-state index in [0.29, 0.717) is 6.85 Å². The van der Waals surface area contributed by atoms with Crippen LogP contribution in [0.2, 0.25) is 88.7 Å². The number of hydrogen-bond acceptors (Lipinski definition) is 1. The molecular formula is C14H40BNSi4. The van der Waals surface area contributed by atoms with Crippen molar-refractivity contribution < 1.29 is 0 Å². The molecule has 0 aromatic rings. The molecule has 0 spiro atoms. The number of nitrogens with two attached hydrogens (primary N) is 1. The molecule has 120 valence electrons. The van der Waals surface area contributed by atoms with Crippen molar-refractivity contribution in [2.24, 2.45) is 5.64 Å². The Morgan fingerprint density at radius 3 is 0.750 bits per heavy atom. The molecule has 6 heteroatoms. The van der Waals surface area contributed by atoms with E-state index >= 15 is 0 Å². The van der Waals surface area contributed by atoms with Gasteiger partial charge >= 0.3 is 0 Å². The summed E-state index contributed by atoms with van der Waals surface area (Å²) in [6.07, 6.45) is 0. The van der Waals surface area contributed by atoms with E-state index < -0.39 is 32.3 Å². The van der Waals surface area contributed by atoms with Crippen LogP contribution in [0.25, 0.3) is 0 Å². The molecule has 0 unspecified atom stereocenters. The van der Waals surface area contributed by atoms with Crippen LogP contribution < -0.4 is 5.64 Å². The standard InChI is InChI=1S/C14H40BNSi4/c1-17(2,3)13(18(4,5)6)15(16)14(19(7,8)9)20(10,11)12/h13-14H,16H2,1-12H3. The highest BCUT2D eigenvalue weighted by atomic mass is 28.4. The molecule has 0 heterocycles. The normalized spacial score (nSPS) is 15.2. The van der Waals surface area contributed by atoms with Gasteiger partial charge in [0, 0.05) is 32.3 Å². The highest BCUT2D eigenvalue weighted by Crippen LogP contribution is 2.43. The molecule has 0 radical (unpaired) electrons. The Morgan fingerprint density at radius 2 is 0.650 bits per heavy atom. The van der Waals surface area contributed by atoms with Gasteiger partial charge in [-0.3, -0.25) is 0 Å². The van der Waals surface area contributed by atoms with Crippen LogP contribution in [0.5, 0.6) is 0 Å². The van der Waals surface area contributed by atoms with Crippen molar-refractivity contribution in [3.8, 4) is 0 Å². The fourth-order valence-electron chi connectivity index (χ4n) is 5.10. The van der Waals surface area contributed by atoms with Crippen LogP contribution in [-0.4, -0.2) is 39.1 Å². The van der Waals surface area contributed by atoms with E-state index in [1.54, 1.807) is 0 Å². The minimum absolute atomic E-state index is 0.451. The molecule has 2 N–H and O–H groups in total. The van der Waals surface area contributed by atoms with E-state index in [4.69, 9.17) is 5.64 Å². The molecule has 0 aliphatic carbocycles. The van der Waals surface area contributed by atoms with Crippen molar-refractivity contribution >= 4 is 39.1 Å². The average molecular weight is 346 g/mol. The Morgan fingerprint density at radius 1 is 0.500 bits per heavy atom. The van der Waals surface area contributed by atoms with Crippen LogP contribution in [-0.2, 0) is 0 Å². The smallest absolute Gasteiger partial charge is 0.212 e. The van der Waals surface area contributed by atoms with Gasteiger partial charge in [-0.2, -0.15) is 0 Å². The zero-order chi connectivity index (χ0) is 16.7. The summed E-state index contributed by atoms with van der Waals surface area (Å²) in [7, 11) is -4.90. The Hall–Kier alpha value is 0.892. The van der Waals surface area contributed by atoms with E-state index in [0.717, 1.165) is 10.1 Å². The van der Waals surface area contributed by atoms with Crippen LogP contribution in [0.4, 0.5) is 0 Å². The van der Waals surface area contributed by atoms with Gasteiger partial charge < -0.3 is 5.64 Å². The topological polar surface area (TPSA) is 26.0 Å². The van der Waals surface area contributed by atoms with Gasteiger partial charge in [0.2, 0.25) is 6.85 Å². The molecule has 0 aliphatic rings. The Bertz CT molecular complexity index is 260. The highest BCUT2D eigenvalue weighted by Gasteiger charge is 2.52. The predicted molar refractivity (Wildman–Crippen MR) is 111 cm³/mol. The minimum atomic E-state index is -1.22. The first kappa shape index (κ1) is 20.9. The molecule has 0 aliphatic heterocycles. The summed E-state index contributed by atoms with van der Waals surface area (Å²) in [5, 5.41) is 1.66. The van der Waals surface area contributed by atoms with E-state index in [1.165, 1.54) is 0 Å². The Balaban J connectivity index is 5.81. The SMILES string of the molecule is C[Si](C)(C)C(B(N)C([Si](C)(C)C)[Si](C)(C)C)[Si](C)(C)C. The molecular weight excluding hydrogens is 305 g/mol. The zero-order valence-corrected chi connectivity index (χ0v) is 20.3. The second-order valence-corrected chi connectivity index (χ2v) is 33.6. The molecule has 0 fully saturated rings. The van der Waals surface area contributed by atoms with E-state index in [9.17, 15) is 0 Å². The van der Waals surface area contributed by atoms with E-state index in [2.05, 4.69) is 78.6 Å². The second-order valence-electron chi connectivity index (χ2n) is 11.0. The van der Waals surface area contributed by atoms with Crippen molar-refractivity contribution in [2.45, 2.75) is 88.7 Å². The molecule has 1 nitrogen and oxygen atoms in total. The fourth-order valence-corrected chi connectivity index (χ4v) is 32.0. The summed E-state index contributed by atoms with van der Waals surface area (Å²) in [6.45, 7) is 31.0. The van der Waals surface area contributed by atoms with Crippen molar-refractivity contribution in [1.82, 2.24) is 0 Å². The maximum absolute atomic E-state index is 7.05. The summed E-state index contributed by atoms with van der Waals surface area (Å²) in [6, 6.07) is 0. The summed E-state index contributed by atoms with van der Waals surface area (Å²) < 4.78 is 0. The van der Waals surface area contributed by atoms with Crippen molar-refractivity contribution in [3.63, 3.8) is 0 Å². The summed E-state index contributed by atoms with van der Waals surface area (Å²) in [4.78, 5) is 0. The molecule has 0 rings (SSSR count). The van der Waals surface area contributed by atoms with Crippen molar-refractivity contribution in [2.75, 3.05) is 0 Å². The van der Waals surface area contributed by atoms with E-state index in [-0.39, 0.29) is 0 Å². The fraction of sp³-hybridized carbons (Fsp3) is 1.00. The second kappa shape index (κ2) is 6.18. The maximum Gasteiger partial charge on any atom is 0.212 e. The first-order valence-electron chi connectivity index (χ1n) is 8.15. The monoisotopic (exact) mass is 345 g/mol. The highest BCUT2D eigenvalue weighted by molar-refractivity contribution is 7.16. The largest absolute Gasteiger partial charge is 0.370 e. The number of rotatable bonds is 6. The molecule has 0 aromatic heterocycles. The molecule has 0 amide bonds. The van der Waals surface area contributed by atoms with Crippen molar-refractivity contribution in [1.29, 1.82) is 0 Å². The third-order valence-corrected chi connectivity index (χ3v) is 23.9. The lowest BCUT2D eigenvalue weighted by atomic mass is 9.68.